The molecule has 1 nitrogen and oxygen atoms in total. The fraction of sp³-hybridized carbons (Fsp3) is 1.00. The van der Waals surface area contributed by atoms with Crippen LogP contribution in [0.25, 0.3) is 0 Å². The average molecular weight is 164 g/mol. The van der Waals surface area contributed by atoms with Crippen molar-refractivity contribution in [1.82, 2.24) is 0 Å². The van der Waals surface area contributed by atoms with Gasteiger partial charge in [-0.3, -0.25) is 0 Å². The maximum absolute atomic E-state index is 9.53. The summed E-state index contributed by atoms with van der Waals surface area (Å²) in [4.78, 5) is 0. The third-order valence-electron chi connectivity index (χ3n) is 0.498. The van der Waals surface area contributed by atoms with Gasteiger partial charge in [0.05, 0.1) is 0 Å². The zero-order valence-corrected chi connectivity index (χ0v) is 6.49. The standard InChI is InChI=1S/C4H9O.Zr/c1-2-3-4-5;/h2-4H2,1H3;/q-1;+1. The van der Waals surface area contributed by atoms with Crippen molar-refractivity contribution in [1.29, 1.82) is 0 Å². The molecule has 0 rings (SSSR count). The van der Waals surface area contributed by atoms with Gasteiger partial charge in [-0.1, -0.05) is 19.8 Å². The summed E-state index contributed by atoms with van der Waals surface area (Å²) in [5.74, 6) is 0. The Kier molecular flexibility index (Phi) is 15.4. The molecule has 0 atom stereocenters. The van der Waals surface area contributed by atoms with Crippen molar-refractivity contribution in [2.75, 3.05) is 6.61 Å². The first-order chi connectivity index (χ1) is 2.41. The van der Waals surface area contributed by atoms with Gasteiger partial charge in [0.1, 0.15) is 0 Å². The number of rotatable bonds is 2. The van der Waals surface area contributed by atoms with Gasteiger partial charge in [0, 0.05) is 0 Å². The number of unbranched alkanes of at least 4 members (excludes halogenated alkanes) is 1. The van der Waals surface area contributed by atoms with E-state index >= 15 is 0 Å². The van der Waals surface area contributed by atoms with E-state index in [4.69, 9.17) is 0 Å². The van der Waals surface area contributed by atoms with Gasteiger partial charge in [0.25, 0.3) is 0 Å². The van der Waals surface area contributed by atoms with Crippen LogP contribution in [0, 0.1) is 0 Å². The first-order valence-electron chi connectivity index (χ1n) is 2.00. The second-order valence-electron chi connectivity index (χ2n) is 1.06. The minimum Gasteiger partial charge on any atom is -0.854 e. The third-order valence-corrected chi connectivity index (χ3v) is 0.498. The van der Waals surface area contributed by atoms with Crippen molar-refractivity contribution >= 4 is 0 Å². The fourth-order valence-electron chi connectivity index (χ4n) is 0.144. The van der Waals surface area contributed by atoms with E-state index in [2.05, 4.69) is 0 Å². The Hall–Kier alpha value is 0.843. The topological polar surface area (TPSA) is 23.1 Å². The SMILES string of the molecule is CCCC[O-].[Zr+]. The van der Waals surface area contributed by atoms with Crippen LogP contribution in [-0.4, -0.2) is 6.61 Å². The Bertz CT molecular complexity index is 15.0. The van der Waals surface area contributed by atoms with Crippen LogP contribution in [0.3, 0.4) is 0 Å². The number of hydrogen-bond donors (Lipinski definition) is 0. The predicted molar refractivity (Wildman–Crippen MR) is 19.8 cm³/mol. The maximum atomic E-state index is 9.53. The first kappa shape index (κ1) is 9.96. The second-order valence-corrected chi connectivity index (χ2v) is 1.06. The molecule has 0 unspecified atom stereocenters. The van der Waals surface area contributed by atoms with E-state index in [0.29, 0.717) is 0 Å². The van der Waals surface area contributed by atoms with Gasteiger partial charge in [-0.2, -0.15) is 0 Å². The summed E-state index contributed by atoms with van der Waals surface area (Å²) in [7, 11) is 0. The molecule has 0 aliphatic heterocycles. The van der Waals surface area contributed by atoms with E-state index in [1.54, 1.807) is 0 Å². The molecule has 0 aromatic heterocycles. The van der Waals surface area contributed by atoms with E-state index in [1.165, 1.54) is 0 Å². The summed E-state index contributed by atoms with van der Waals surface area (Å²) in [6, 6.07) is 0. The molecule has 2 heteroatoms. The molecule has 0 aliphatic carbocycles. The zero-order valence-electron chi connectivity index (χ0n) is 4.03. The van der Waals surface area contributed by atoms with Crippen LogP contribution >= 0.6 is 0 Å². The van der Waals surface area contributed by atoms with Crippen LogP contribution in [0.4, 0.5) is 0 Å². The van der Waals surface area contributed by atoms with Gasteiger partial charge in [-0.15, -0.1) is 6.61 Å². The summed E-state index contributed by atoms with van der Waals surface area (Å²) in [5.41, 5.74) is 0. The van der Waals surface area contributed by atoms with Crippen LogP contribution in [0.5, 0.6) is 0 Å². The van der Waals surface area contributed by atoms with Crippen molar-refractivity contribution in [3.63, 3.8) is 0 Å². The molecule has 6 heavy (non-hydrogen) atoms. The van der Waals surface area contributed by atoms with Gasteiger partial charge >= 0.3 is 26.2 Å². The van der Waals surface area contributed by atoms with Crippen molar-refractivity contribution < 1.29 is 31.3 Å². The molecule has 0 spiro atoms. The Morgan fingerprint density at radius 3 is 2.00 bits per heavy atom. The van der Waals surface area contributed by atoms with Crippen LogP contribution in [0.15, 0.2) is 0 Å². The molecule has 0 aliphatic rings. The van der Waals surface area contributed by atoms with Crippen molar-refractivity contribution in [2.24, 2.45) is 0 Å². The Balaban J connectivity index is 0. The van der Waals surface area contributed by atoms with Gasteiger partial charge in [0.2, 0.25) is 0 Å². The van der Waals surface area contributed by atoms with E-state index in [0.717, 1.165) is 12.8 Å². The molecular formula is C4H9OZr. The predicted octanol–water partition coefficient (Wildman–Crippen LogP) is 0.144. The molecule has 35 valence electrons. The minimum atomic E-state index is 0. The summed E-state index contributed by atoms with van der Waals surface area (Å²) in [6.07, 6.45) is 1.86. The zero-order chi connectivity index (χ0) is 4.12. The molecule has 0 saturated carbocycles. The molecule has 0 bridgehead atoms. The molecule has 0 amide bonds. The van der Waals surface area contributed by atoms with Crippen LogP contribution in [0.2, 0.25) is 0 Å². The number of hydrogen-bond acceptors (Lipinski definition) is 1. The molecule has 0 saturated heterocycles. The molecular weight excluding hydrogens is 155 g/mol. The van der Waals surface area contributed by atoms with Gasteiger partial charge in [-0.25, -0.2) is 0 Å². The average Bonchev–Trinajstić information content (AvgIpc) is 1.41. The molecule has 0 fully saturated rings. The third kappa shape index (κ3) is 8.85. The van der Waals surface area contributed by atoms with Crippen molar-refractivity contribution in [3.8, 4) is 0 Å². The normalized spacial score (nSPS) is 7.00. The molecule has 0 N–H and O–H groups in total. The monoisotopic (exact) mass is 163 g/mol. The van der Waals surface area contributed by atoms with Crippen molar-refractivity contribution in [2.45, 2.75) is 19.8 Å². The van der Waals surface area contributed by atoms with Gasteiger partial charge in [0.15, 0.2) is 0 Å². The fourth-order valence-corrected chi connectivity index (χ4v) is 0.144. The smallest absolute Gasteiger partial charge is 0.854 e. The van der Waals surface area contributed by atoms with E-state index in [-0.39, 0.29) is 32.8 Å². The quantitative estimate of drug-likeness (QED) is 0.569. The Morgan fingerprint density at radius 1 is 1.50 bits per heavy atom. The van der Waals surface area contributed by atoms with Crippen molar-refractivity contribution in [3.05, 3.63) is 0 Å². The van der Waals surface area contributed by atoms with E-state index in [1.807, 2.05) is 6.92 Å². The Labute approximate surface area is 57.9 Å². The maximum Gasteiger partial charge on any atom is 1.00 e. The van der Waals surface area contributed by atoms with Crippen LogP contribution in [0.1, 0.15) is 19.8 Å². The minimum absolute atomic E-state index is 0. The summed E-state index contributed by atoms with van der Waals surface area (Å²) in [6.45, 7) is 2.11. The molecule has 0 heterocycles. The molecule has 0 aromatic carbocycles. The molecule has 0 aromatic rings. The molecule has 1 radical (unpaired) electrons. The summed E-state index contributed by atoms with van der Waals surface area (Å²) in [5, 5.41) is 9.53. The summed E-state index contributed by atoms with van der Waals surface area (Å²) < 4.78 is 0. The van der Waals surface area contributed by atoms with Crippen LogP contribution < -0.4 is 5.11 Å². The largest absolute Gasteiger partial charge is 1.00 e. The van der Waals surface area contributed by atoms with E-state index in [9.17, 15) is 5.11 Å². The summed E-state index contributed by atoms with van der Waals surface area (Å²) >= 11 is 0. The van der Waals surface area contributed by atoms with Crippen LogP contribution in [-0.2, 0) is 26.2 Å². The Morgan fingerprint density at radius 2 is 2.00 bits per heavy atom. The van der Waals surface area contributed by atoms with Gasteiger partial charge in [-0.05, 0) is 0 Å². The first-order valence-corrected chi connectivity index (χ1v) is 2.00. The second kappa shape index (κ2) is 9.28. The van der Waals surface area contributed by atoms with E-state index < -0.39 is 0 Å². The van der Waals surface area contributed by atoms with Gasteiger partial charge < -0.3 is 5.11 Å².